The molecule has 0 atom stereocenters. The zero-order valence-electron chi connectivity index (χ0n) is 14.0. The third kappa shape index (κ3) is 4.36. The lowest BCUT2D eigenvalue weighted by Crippen LogP contribution is -2.36. The largest absolute Gasteiger partial charge is 0.497 e. The van der Waals surface area contributed by atoms with Gasteiger partial charge in [0.05, 0.1) is 26.9 Å². The molecule has 1 aliphatic heterocycles. The standard InChI is InChI=1S/C20H19F2NO2/c1-24-17-6-4-15(3-2-8-23-9-11-25-12-10-23)19(14-17)18-7-5-16(21)13-20(18)22/h4-7,13-14H,8-12H2,1H3. The normalized spacial score (nSPS) is 14.7. The monoisotopic (exact) mass is 343 g/mol. The average molecular weight is 343 g/mol. The van der Waals surface area contributed by atoms with E-state index in [1.54, 1.807) is 25.3 Å². The predicted octanol–water partition coefficient (Wildman–Crippen LogP) is 3.32. The Morgan fingerprint density at radius 1 is 1.08 bits per heavy atom. The van der Waals surface area contributed by atoms with Crippen LogP contribution >= 0.6 is 0 Å². The van der Waals surface area contributed by atoms with E-state index in [2.05, 4.69) is 16.7 Å². The van der Waals surface area contributed by atoms with Gasteiger partial charge >= 0.3 is 0 Å². The molecule has 3 rings (SSSR count). The zero-order valence-corrected chi connectivity index (χ0v) is 14.0. The third-order valence-electron chi connectivity index (χ3n) is 4.08. The molecule has 0 N–H and O–H groups in total. The van der Waals surface area contributed by atoms with E-state index in [-0.39, 0.29) is 0 Å². The molecule has 1 aliphatic rings. The summed E-state index contributed by atoms with van der Waals surface area (Å²) in [6.07, 6.45) is 0. The predicted molar refractivity (Wildman–Crippen MR) is 92.5 cm³/mol. The van der Waals surface area contributed by atoms with Crippen molar-refractivity contribution in [2.75, 3.05) is 40.0 Å². The van der Waals surface area contributed by atoms with Crippen LogP contribution < -0.4 is 4.74 Å². The maximum Gasteiger partial charge on any atom is 0.133 e. The molecule has 0 bridgehead atoms. The van der Waals surface area contributed by atoms with Crippen molar-refractivity contribution < 1.29 is 18.3 Å². The summed E-state index contributed by atoms with van der Waals surface area (Å²) in [7, 11) is 1.55. The van der Waals surface area contributed by atoms with Crippen molar-refractivity contribution in [3.63, 3.8) is 0 Å². The molecule has 1 saturated heterocycles. The van der Waals surface area contributed by atoms with Gasteiger partial charge in [-0.1, -0.05) is 11.8 Å². The molecule has 0 aromatic heterocycles. The lowest BCUT2D eigenvalue weighted by molar-refractivity contribution is 0.0443. The number of hydrogen-bond acceptors (Lipinski definition) is 3. The molecular formula is C20H19F2NO2. The maximum absolute atomic E-state index is 14.2. The van der Waals surface area contributed by atoms with Gasteiger partial charge in [0, 0.05) is 35.8 Å². The molecule has 0 aliphatic carbocycles. The smallest absolute Gasteiger partial charge is 0.133 e. The Morgan fingerprint density at radius 2 is 1.88 bits per heavy atom. The summed E-state index contributed by atoms with van der Waals surface area (Å²) in [6, 6.07) is 8.83. The van der Waals surface area contributed by atoms with Crippen LogP contribution in [0.5, 0.6) is 5.75 Å². The topological polar surface area (TPSA) is 21.7 Å². The first-order valence-electron chi connectivity index (χ1n) is 8.10. The summed E-state index contributed by atoms with van der Waals surface area (Å²) in [5, 5.41) is 0. The van der Waals surface area contributed by atoms with Gasteiger partial charge in [0.25, 0.3) is 0 Å². The van der Waals surface area contributed by atoms with Crippen molar-refractivity contribution in [2.24, 2.45) is 0 Å². The van der Waals surface area contributed by atoms with Crippen molar-refractivity contribution >= 4 is 0 Å². The van der Waals surface area contributed by atoms with Gasteiger partial charge in [0.1, 0.15) is 17.4 Å². The number of rotatable bonds is 3. The molecule has 2 aromatic carbocycles. The highest BCUT2D eigenvalue weighted by Gasteiger charge is 2.12. The number of nitrogens with zero attached hydrogens (tertiary/aromatic N) is 1. The van der Waals surface area contributed by atoms with Crippen LogP contribution in [0.25, 0.3) is 11.1 Å². The van der Waals surface area contributed by atoms with Crippen molar-refractivity contribution in [3.8, 4) is 28.7 Å². The molecule has 5 heteroatoms. The van der Waals surface area contributed by atoms with Crippen LogP contribution in [-0.2, 0) is 4.74 Å². The lowest BCUT2D eigenvalue weighted by atomic mass is 9.99. The molecule has 0 unspecified atom stereocenters. The molecule has 0 saturated carbocycles. The Labute approximate surface area is 146 Å². The lowest BCUT2D eigenvalue weighted by Gasteiger charge is -2.24. The summed E-state index contributed by atoms with van der Waals surface area (Å²) < 4.78 is 38.0. The van der Waals surface area contributed by atoms with Crippen LogP contribution in [0.3, 0.4) is 0 Å². The second kappa shape index (κ2) is 8.11. The minimum absolute atomic E-state index is 0.302. The summed E-state index contributed by atoms with van der Waals surface area (Å²) in [5.41, 5.74) is 1.57. The first-order valence-corrected chi connectivity index (χ1v) is 8.10. The Morgan fingerprint density at radius 3 is 2.60 bits per heavy atom. The van der Waals surface area contributed by atoms with Crippen LogP contribution in [0.4, 0.5) is 8.78 Å². The first kappa shape index (κ1) is 17.4. The molecule has 2 aromatic rings. The van der Waals surface area contributed by atoms with Crippen LogP contribution in [0.15, 0.2) is 36.4 Å². The van der Waals surface area contributed by atoms with Gasteiger partial charge < -0.3 is 9.47 Å². The molecule has 1 fully saturated rings. The fourth-order valence-electron chi connectivity index (χ4n) is 2.70. The maximum atomic E-state index is 14.2. The quantitative estimate of drug-likeness (QED) is 0.798. The van der Waals surface area contributed by atoms with E-state index in [9.17, 15) is 8.78 Å². The highest BCUT2D eigenvalue weighted by atomic mass is 19.1. The van der Waals surface area contributed by atoms with Gasteiger partial charge in [-0.15, -0.1) is 0 Å². The molecule has 130 valence electrons. The van der Waals surface area contributed by atoms with Crippen LogP contribution in [0.2, 0.25) is 0 Å². The van der Waals surface area contributed by atoms with Crippen LogP contribution in [-0.4, -0.2) is 44.9 Å². The second-order valence-electron chi connectivity index (χ2n) is 5.73. The number of morpholine rings is 1. The van der Waals surface area contributed by atoms with E-state index in [4.69, 9.17) is 9.47 Å². The van der Waals surface area contributed by atoms with E-state index in [0.717, 1.165) is 32.4 Å². The summed E-state index contributed by atoms with van der Waals surface area (Å²) in [6.45, 7) is 3.78. The Kier molecular flexibility index (Phi) is 5.64. The molecule has 0 amide bonds. The van der Waals surface area contributed by atoms with Crippen molar-refractivity contribution in [1.82, 2.24) is 4.90 Å². The summed E-state index contributed by atoms with van der Waals surface area (Å²) >= 11 is 0. The second-order valence-corrected chi connectivity index (χ2v) is 5.73. The molecule has 3 nitrogen and oxygen atoms in total. The van der Waals surface area contributed by atoms with Gasteiger partial charge in [0.2, 0.25) is 0 Å². The fraction of sp³-hybridized carbons (Fsp3) is 0.300. The number of halogens is 2. The molecule has 1 heterocycles. The first-order chi connectivity index (χ1) is 12.2. The average Bonchev–Trinajstić information content (AvgIpc) is 2.63. The van der Waals surface area contributed by atoms with Crippen molar-refractivity contribution in [2.45, 2.75) is 0 Å². The summed E-state index contributed by atoms with van der Waals surface area (Å²) in [4.78, 5) is 2.21. The Hall–Kier alpha value is -2.42. The van der Waals surface area contributed by atoms with E-state index in [0.29, 0.717) is 29.0 Å². The van der Waals surface area contributed by atoms with Crippen LogP contribution in [0, 0.1) is 23.5 Å². The Bertz CT molecular complexity index is 805. The Balaban J connectivity index is 1.91. The fourth-order valence-corrected chi connectivity index (χ4v) is 2.70. The molecule has 0 radical (unpaired) electrons. The number of methoxy groups -OCH3 is 1. The third-order valence-corrected chi connectivity index (χ3v) is 4.08. The number of ether oxygens (including phenoxy) is 2. The number of hydrogen-bond donors (Lipinski definition) is 0. The SMILES string of the molecule is COc1ccc(C#CCN2CCOCC2)c(-c2ccc(F)cc2F)c1. The van der Waals surface area contributed by atoms with E-state index in [1.165, 1.54) is 12.1 Å². The van der Waals surface area contributed by atoms with Gasteiger partial charge in [-0.3, -0.25) is 4.90 Å². The summed E-state index contributed by atoms with van der Waals surface area (Å²) in [5.74, 6) is 5.60. The highest BCUT2D eigenvalue weighted by Crippen LogP contribution is 2.30. The van der Waals surface area contributed by atoms with E-state index in [1.807, 2.05) is 0 Å². The molecule has 0 spiro atoms. The van der Waals surface area contributed by atoms with Gasteiger partial charge in [-0.2, -0.15) is 0 Å². The van der Waals surface area contributed by atoms with Crippen molar-refractivity contribution in [1.29, 1.82) is 0 Å². The van der Waals surface area contributed by atoms with Gasteiger partial charge in [0.15, 0.2) is 0 Å². The van der Waals surface area contributed by atoms with Crippen LogP contribution in [0.1, 0.15) is 5.56 Å². The zero-order chi connectivity index (χ0) is 17.6. The molecular weight excluding hydrogens is 324 g/mol. The minimum atomic E-state index is -0.621. The number of benzene rings is 2. The van der Waals surface area contributed by atoms with Gasteiger partial charge in [-0.05, 0) is 30.3 Å². The van der Waals surface area contributed by atoms with E-state index >= 15 is 0 Å². The minimum Gasteiger partial charge on any atom is -0.497 e. The van der Waals surface area contributed by atoms with Crippen molar-refractivity contribution in [3.05, 3.63) is 53.6 Å². The van der Waals surface area contributed by atoms with Gasteiger partial charge in [-0.25, -0.2) is 8.78 Å². The molecule has 25 heavy (non-hydrogen) atoms. The highest BCUT2D eigenvalue weighted by molar-refractivity contribution is 5.73. The van der Waals surface area contributed by atoms with E-state index < -0.39 is 11.6 Å².